The second-order valence-corrected chi connectivity index (χ2v) is 6.30. The van der Waals surface area contributed by atoms with Crippen LogP contribution >= 0.6 is 23.2 Å². The Bertz CT molecular complexity index is 539. The molecule has 0 saturated heterocycles. The van der Waals surface area contributed by atoms with Crippen LogP contribution in [0.2, 0.25) is 0 Å². The molecule has 108 valence electrons. The van der Waals surface area contributed by atoms with Crippen LogP contribution in [0.25, 0.3) is 0 Å². The van der Waals surface area contributed by atoms with Gasteiger partial charge in [0.2, 0.25) is 10.0 Å². The van der Waals surface area contributed by atoms with Crippen LogP contribution in [-0.2, 0) is 10.0 Å². The average molecular weight is 332 g/mol. The van der Waals surface area contributed by atoms with Crippen molar-refractivity contribution in [1.29, 1.82) is 0 Å². The lowest BCUT2D eigenvalue weighted by atomic mass is 10.0. The summed E-state index contributed by atoms with van der Waals surface area (Å²) in [4.78, 5) is -0.376. The highest BCUT2D eigenvalue weighted by Gasteiger charge is 2.32. The van der Waals surface area contributed by atoms with E-state index in [1.54, 1.807) is 6.92 Å². The van der Waals surface area contributed by atoms with Crippen molar-refractivity contribution in [3.63, 3.8) is 0 Å². The monoisotopic (exact) mass is 331 g/mol. The maximum atomic E-state index is 13.1. The SMILES string of the molecule is CCC(CCl)(CCl)NS(=O)(=O)c1ccc(F)c(F)c1. The minimum atomic E-state index is -4.02. The third-order valence-corrected chi connectivity index (χ3v) is 5.34. The van der Waals surface area contributed by atoms with Crippen molar-refractivity contribution < 1.29 is 17.2 Å². The summed E-state index contributed by atoms with van der Waals surface area (Å²) in [6, 6.07) is 2.34. The molecule has 3 nitrogen and oxygen atoms in total. The first-order valence-corrected chi connectivity index (χ1v) is 7.96. The largest absolute Gasteiger partial charge is 0.241 e. The first-order chi connectivity index (χ1) is 8.80. The van der Waals surface area contributed by atoms with Crippen LogP contribution < -0.4 is 4.72 Å². The van der Waals surface area contributed by atoms with Crippen molar-refractivity contribution in [2.75, 3.05) is 11.8 Å². The molecule has 0 aromatic heterocycles. The molecule has 1 aromatic carbocycles. The van der Waals surface area contributed by atoms with E-state index in [1.807, 2.05) is 0 Å². The molecule has 0 aliphatic carbocycles. The lowest BCUT2D eigenvalue weighted by Crippen LogP contribution is -2.51. The molecular formula is C11H13Cl2F2NO2S. The van der Waals surface area contributed by atoms with E-state index in [4.69, 9.17) is 23.2 Å². The molecule has 0 heterocycles. The van der Waals surface area contributed by atoms with Crippen molar-refractivity contribution in [3.05, 3.63) is 29.8 Å². The van der Waals surface area contributed by atoms with Crippen LogP contribution in [0.5, 0.6) is 0 Å². The molecule has 0 radical (unpaired) electrons. The zero-order chi connectivity index (χ0) is 14.7. The Morgan fingerprint density at radius 1 is 1.21 bits per heavy atom. The Morgan fingerprint density at radius 2 is 1.79 bits per heavy atom. The molecule has 0 atom stereocenters. The van der Waals surface area contributed by atoms with Gasteiger partial charge in [-0.1, -0.05) is 6.92 Å². The molecule has 0 fully saturated rings. The maximum Gasteiger partial charge on any atom is 0.241 e. The molecule has 0 aliphatic rings. The summed E-state index contributed by atoms with van der Waals surface area (Å²) in [5.74, 6) is -2.41. The molecule has 0 bridgehead atoms. The third-order valence-electron chi connectivity index (χ3n) is 2.74. The molecule has 1 aromatic rings. The van der Waals surface area contributed by atoms with E-state index in [2.05, 4.69) is 4.72 Å². The van der Waals surface area contributed by atoms with Gasteiger partial charge in [-0.2, -0.15) is 0 Å². The molecule has 1 N–H and O–H groups in total. The molecule has 0 spiro atoms. The highest BCUT2D eigenvalue weighted by molar-refractivity contribution is 7.89. The number of nitrogens with one attached hydrogen (secondary N) is 1. The normalized spacial score (nSPS) is 12.7. The Hall–Kier alpha value is -0.430. The molecule has 0 unspecified atom stereocenters. The Labute approximate surface area is 121 Å². The van der Waals surface area contributed by atoms with Gasteiger partial charge in [0.15, 0.2) is 11.6 Å². The standard InChI is InChI=1S/C11H13Cl2F2NO2S/c1-2-11(6-12,7-13)16-19(17,18)8-3-4-9(14)10(15)5-8/h3-5,16H,2,6-7H2,1H3. The number of rotatable bonds is 6. The lowest BCUT2D eigenvalue weighted by Gasteiger charge is -2.29. The van der Waals surface area contributed by atoms with Crippen molar-refractivity contribution in [3.8, 4) is 0 Å². The van der Waals surface area contributed by atoms with Gasteiger partial charge in [-0.15, -0.1) is 23.2 Å². The topological polar surface area (TPSA) is 46.2 Å². The zero-order valence-corrected chi connectivity index (χ0v) is 12.4. The predicted molar refractivity (Wildman–Crippen MR) is 71.1 cm³/mol. The second kappa shape index (κ2) is 6.35. The van der Waals surface area contributed by atoms with Crippen molar-refractivity contribution in [2.24, 2.45) is 0 Å². The van der Waals surface area contributed by atoms with E-state index in [0.29, 0.717) is 12.5 Å². The Morgan fingerprint density at radius 3 is 2.21 bits per heavy atom. The number of hydrogen-bond donors (Lipinski definition) is 1. The van der Waals surface area contributed by atoms with Gasteiger partial charge in [0.25, 0.3) is 0 Å². The summed E-state index contributed by atoms with van der Waals surface area (Å²) in [5, 5.41) is 0. The first kappa shape index (κ1) is 16.6. The van der Waals surface area contributed by atoms with Gasteiger partial charge < -0.3 is 0 Å². The highest BCUT2D eigenvalue weighted by atomic mass is 35.5. The summed E-state index contributed by atoms with van der Waals surface area (Å²) < 4.78 is 52.3. The van der Waals surface area contributed by atoms with Gasteiger partial charge in [-0.3, -0.25) is 0 Å². The fourth-order valence-electron chi connectivity index (χ4n) is 1.34. The van der Waals surface area contributed by atoms with Crippen LogP contribution in [0.15, 0.2) is 23.1 Å². The molecular weight excluding hydrogens is 319 g/mol. The van der Waals surface area contributed by atoms with Gasteiger partial charge in [0, 0.05) is 11.8 Å². The summed E-state index contributed by atoms with van der Waals surface area (Å²) in [7, 11) is -4.02. The summed E-state index contributed by atoms with van der Waals surface area (Å²) >= 11 is 11.5. The van der Waals surface area contributed by atoms with Gasteiger partial charge in [0.1, 0.15) is 0 Å². The third kappa shape index (κ3) is 3.78. The summed E-state index contributed by atoms with van der Waals surface area (Å²) in [5.41, 5.74) is -1.02. The van der Waals surface area contributed by atoms with Crippen LogP contribution in [0, 0.1) is 11.6 Å². The zero-order valence-electron chi connectivity index (χ0n) is 10.1. The molecule has 0 aliphatic heterocycles. The minimum absolute atomic E-state index is 0.0318. The number of benzene rings is 1. The van der Waals surface area contributed by atoms with Gasteiger partial charge >= 0.3 is 0 Å². The smallest absolute Gasteiger partial charge is 0.207 e. The van der Waals surface area contributed by atoms with Crippen molar-refractivity contribution >= 4 is 33.2 Å². The molecule has 19 heavy (non-hydrogen) atoms. The van der Waals surface area contributed by atoms with E-state index in [-0.39, 0.29) is 16.7 Å². The van der Waals surface area contributed by atoms with E-state index in [9.17, 15) is 17.2 Å². The number of hydrogen-bond acceptors (Lipinski definition) is 2. The molecule has 0 saturated carbocycles. The van der Waals surface area contributed by atoms with Crippen LogP contribution in [0.1, 0.15) is 13.3 Å². The van der Waals surface area contributed by atoms with Crippen molar-refractivity contribution in [2.45, 2.75) is 23.8 Å². The van der Waals surface area contributed by atoms with E-state index < -0.39 is 27.2 Å². The van der Waals surface area contributed by atoms with Gasteiger partial charge in [-0.25, -0.2) is 21.9 Å². The van der Waals surface area contributed by atoms with Crippen LogP contribution in [0.3, 0.4) is 0 Å². The van der Waals surface area contributed by atoms with E-state index >= 15 is 0 Å². The molecule has 8 heteroatoms. The highest BCUT2D eigenvalue weighted by Crippen LogP contribution is 2.20. The average Bonchev–Trinajstić information content (AvgIpc) is 2.39. The summed E-state index contributed by atoms with van der Waals surface area (Å²) in [6.45, 7) is 1.72. The van der Waals surface area contributed by atoms with Crippen molar-refractivity contribution in [1.82, 2.24) is 4.72 Å². The maximum absolute atomic E-state index is 13.1. The fourth-order valence-corrected chi connectivity index (χ4v) is 3.78. The van der Waals surface area contributed by atoms with Gasteiger partial charge in [0.05, 0.1) is 10.4 Å². The Kier molecular flexibility index (Phi) is 5.55. The molecule has 0 amide bonds. The Balaban J connectivity index is 3.14. The quantitative estimate of drug-likeness (QED) is 0.815. The lowest BCUT2D eigenvalue weighted by molar-refractivity contribution is 0.448. The minimum Gasteiger partial charge on any atom is -0.207 e. The number of alkyl halides is 2. The number of sulfonamides is 1. The van der Waals surface area contributed by atoms with E-state index in [0.717, 1.165) is 12.1 Å². The van der Waals surface area contributed by atoms with Crippen LogP contribution in [0.4, 0.5) is 8.78 Å². The second-order valence-electron chi connectivity index (χ2n) is 4.08. The number of halogens is 4. The fraction of sp³-hybridized carbons (Fsp3) is 0.455. The van der Waals surface area contributed by atoms with Gasteiger partial charge in [-0.05, 0) is 24.6 Å². The first-order valence-electron chi connectivity index (χ1n) is 5.41. The van der Waals surface area contributed by atoms with E-state index in [1.165, 1.54) is 0 Å². The predicted octanol–water partition coefficient (Wildman–Crippen LogP) is 2.87. The summed E-state index contributed by atoms with van der Waals surface area (Å²) in [6.07, 6.45) is 0.364. The molecule has 1 rings (SSSR count). The van der Waals surface area contributed by atoms with Crippen LogP contribution in [-0.4, -0.2) is 25.7 Å².